The summed E-state index contributed by atoms with van der Waals surface area (Å²) in [6.07, 6.45) is 1.83. The molecule has 18 heavy (non-hydrogen) atoms. The molecule has 4 nitrogen and oxygen atoms in total. The van der Waals surface area contributed by atoms with Crippen LogP contribution in [0.2, 0.25) is 0 Å². The summed E-state index contributed by atoms with van der Waals surface area (Å²) in [5.41, 5.74) is 2.22. The maximum Gasteiger partial charge on any atom is 0.141 e. The van der Waals surface area contributed by atoms with Gasteiger partial charge in [-0.25, -0.2) is 4.52 Å². The van der Waals surface area contributed by atoms with E-state index in [2.05, 4.69) is 21.0 Å². The largest absolute Gasteiger partial charge is 0.489 e. The highest BCUT2D eigenvalue weighted by atomic mass is 79.9. The van der Waals surface area contributed by atoms with Crippen molar-refractivity contribution < 1.29 is 9.84 Å². The maximum absolute atomic E-state index is 9.70. The van der Waals surface area contributed by atoms with Crippen molar-refractivity contribution in [2.45, 2.75) is 33.3 Å². The molecule has 2 aromatic heterocycles. The lowest BCUT2D eigenvalue weighted by Gasteiger charge is -2.19. The molecule has 0 aromatic carbocycles. The first-order valence-electron chi connectivity index (χ1n) is 5.78. The minimum absolute atomic E-state index is 0.242. The first-order valence-corrected chi connectivity index (χ1v) is 6.57. The van der Waals surface area contributed by atoms with Crippen LogP contribution >= 0.6 is 15.9 Å². The van der Waals surface area contributed by atoms with E-state index in [1.807, 2.05) is 30.6 Å². The van der Waals surface area contributed by atoms with Crippen LogP contribution in [0.4, 0.5) is 0 Å². The smallest absolute Gasteiger partial charge is 0.141 e. The Morgan fingerprint density at radius 3 is 2.72 bits per heavy atom. The van der Waals surface area contributed by atoms with Crippen molar-refractivity contribution in [2.24, 2.45) is 0 Å². The number of halogens is 1. The van der Waals surface area contributed by atoms with Crippen molar-refractivity contribution in [3.05, 3.63) is 28.0 Å². The topological polar surface area (TPSA) is 46.8 Å². The molecule has 0 fully saturated rings. The molecule has 2 rings (SSSR count). The monoisotopic (exact) mass is 312 g/mol. The fourth-order valence-corrected chi connectivity index (χ4v) is 2.46. The molecule has 0 saturated heterocycles. The highest BCUT2D eigenvalue weighted by Gasteiger charge is 2.16. The van der Waals surface area contributed by atoms with Crippen molar-refractivity contribution in [3.63, 3.8) is 0 Å². The van der Waals surface area contributed by atoms with Crippen molar-refractivity contribution in [1.29, 1.82) is 0 Å². The van der Waals surface area contributed by atoms with Gasteiger partial charge in [0.1, 0.15) is 12.4 Å². The Labute approximate surface area is 115 Å². The molecule has 0 spiro atoms. The molecular weight excluding hydrogens is 296 g/mol. The number of fused-ring (bicyclic) bond motifs is 1. The highest BCUT2D eigenvalue weighted by Crippen LogP contribution is 2.29. The molecule has 5 heteroatoms. The number of aryl methyl sites for hydroxylation is 2. The zero-order valence-electron chi connectivity index (χ0n) is 11.0. The minimum Gasteiger partial charge on any atom is -0.489 e. The molecule has 1 N–H and O–H groups in total. The lowest BCUT2D eigenvalue weighted by atomic mass is 10.2. The van der Waals surface area contributed by atoms with Gasteiger partial charge in [0.25, 0.3) is 0 Å². The second-order valence-corrected chi connectivity index (χ2v) is 5.99. The van der Waals surface area contributed by atoms with Crippen LogP contribution in [-0.2, 0) is 0 Å². The summed E-state index contributed by atoms with van der Waals surface area (Å²) >= 11 is 3.53. The van der Waals surface area contributed by atoms with Crippen LogP contribution in [0, 0.1) is 13.8 Å². The molecular formula is C13H17BrN2O2. The third-order valence-corrected chi connectivity index (χ3v) is 3.30. The summed E-state index contributed by atoms with van der Waals surface area (Å²) in [4.78, 5) is 0. The summed E-state index contributed by atoms with van der Waals surface area (Å²) in [7, 11) is 0. The van der Waals surface area contributed by atoms with E-state index in [1.165, 1.54) is 0 Å². The number of rotatable bonds is 3. The zero-order valence-corrected chi connectivity index (χ0v) is 12.6. The van der Waals surface area contributed by atoms with Crippen LogP contribution in [0.3, 0.4) is 0 Å². The average Bonchev–Trinajstić information content (AvgIpc) is 2.63. The lowest BCUT2D eigenvalue weighted by molar-refractivity contribution is 0.0280. The van der Waals surface area contributed by atoms with Crippen LogP contribution in [0.5, 0.6) is 5.75 Å². The van der Waals surface area contributed by atoms with Crippen molar-refractivity contribution in [2.75, 3.05) is 6.61 Å². The SMILES string of the molecule is Cc1cnn2c(C)c(OCC(C)(C)O)cc(Br)c12. The zero-order chi connectivity index (χ0) is 13.5. The van der Waals surface area contributed by atoms with E-state index < -0.39 is 5.60 Å². The van der Waals surface area contributed by atoms with Gasteiger partial charge < -0.3 is 9.84 Å². The molecule has 0 saturated carbocycles. The molecule has 2 heterocycles. The van der Waals surface area contributed by atoms with Crippen molar-refractivity contribution in [3.8, 4) is 5.75 Å². The average molecular weight is 313 g/mol. The Morgan fingerprint density at radius 2 is 2.11 bits per heavy atom. The van der Waals surface area contributed by atoms with Gasteiger partial charge >= 0.3 is 0 Å². The molecule has 0 aliphatic rings. The molecule has 0 aliphatic carbocycles. The number of aromatic nitrogens is 2. The third kappa shape index (κ3) is 2.52. The van der Waals surface area contributed by atoms with Gasteiger partial charge in [-0.1, -0.05) is 0 Å². The van der Waals surface area contributed by atoms with E-state index >= 15 is 0 Å². The number of nitrogens with zero attached hydrogens (tertiary/aromatic N) is 2. The summed E-state index contributed by atoms with van der Waals surface area (Å²) in [5.74, 6) is 0.722. The lowest BCUT2D eigenvalue weighted by Crippen LogP contribution is -2.28. The predicted molar refractivity (Wildman–Crippen MR) is 74.2 cm³/mol. The summed E-state index contributed by atoms with van der Waals surface area (Å²) in [6.45, 7) is 7.64. The molecule has 0 amide bonds. The molecule has 0 atom stereocenters. The van der Waals surface area contributed by atoms with E-state index in [4.69, 9.17) is 4.74 Å². The predicted octanol–water partition coefficient (Wildman–Crippen LogP) is 2.86. The Balaban J connectivity index is 2.44. The Kier molecular flexibility index (Phi) is 3.38. The third-order valence-electron chi connectivity index (χ3n) is 2.69. The fourth-order valence-electron chi connectivity index (χ4n) is 1.77. The van der Waals surface area contributed by atoms with E-state index in [0.717, 1.165) is 27.0 Å². The molecule has 2 aromatic rings. The van der Waals surface area contributed by atoms with Crippen LogP contribution in [0.25, 0.3) is 5.52 Å². The van der Waals surface area contributed by atoms with Gasteiger partial charge in [0.05, 0.1) is 23.0 Å². The summed E-state index contributed by atoms with van der Waals surface area (Å²) in [6, 6.07) is 1.92. The van der Waals surface area contributed by atoms with Gasteiger partial charge in [0.15, 0.2) is 0 Å². The number of ether oxygens (including phenoxy) is 1. The first kappa shape index (κ1) is 13.4. The minimum atomic E-state index is -0.853. The molecule has 0 radical (unpaired) electrons. The van der Waals surface area contributed by atoms with Gasteiger partial charge in [-0.15, -0.1) is 0 Å². The van der Waals surface area contributed by atoms with Gasteiger partial charge in [0, 0.05) is 4.47 Å². The quantitative estimate of drug-likeness (QED) is 0.948. The fraction of sp³-hybridized carbons (Fsp3) is 0.462. The Bertz CT molecular complexity index is 585. The van der Waals surface area contributed by atoms with Gasteiger partial charge in [0.2, 0.25) is 0 Å². The van der Waals surface area contributed by atoms with E-state index in [1.54, 1.807) is 13.8 Å². The highest BCUT2D eigenvalue weighted by molar-refractivity contribution is 9.10. The first-order chi connectivity index (χ1) is 8.29. The summed E-state index contributed by atoms with van der Waals surface area (Å²) < 4.78 is 8.44. The van der Waals surface area contributed by atoms with Gasteiger partial charge in [-0.05, 0) is 55.3 Å². The number of hydrogen-bond acceptors (Lipinski definition) is 3. The standard InChI is InChI=1S/C13H17BrN2O2/c1-8-6-15-16-9(2)11(5-10(14)12(8)16)18-7-13(3,4)17/h5-6,17H,7H2,1-4H3. The Hall–Kier alpha value is -1.07. The normalized spacial score (nSPS) is 12.1. The maximum atomic E-state index is 9.70. The number of aliphatic hydroxyl groups is 1. The van der Waals surface area contributed by atoms with Crippen LogP contribution in [-0.4, -0.2) is 26.9 Å². The second kappa shape index (κ2) is 4.55. The molecule has 0 unspecified atom stereocenters. The summed E-state index contributed by atoms with van der Waals surface area (Å²) in [5, 5.41) is 14.0. The molecule has 98 valence electrons. The number of pyridine rings is 1. The van der Waals surface area contributed by atoms with Crippen LogP contribution < -0.4 is 4.74 Å². The van der Waals surface area contributed by atoms with E-state index in [-0.39, 0.29) is 6.61 Å². The van der Waals surface area contributed by atoms with E-state index in [9.17, 15) is 5.11 Å². The molecule has 0 bridgehead atoms. The number of hydrogen-bond donors (Lipinski definition) is 1. The van der Waals surface area contributed by atoms with E-state index in [0.29, 0.717) is 0 Å². The van der Waals surface area contributed by atoms with Crippen molar-refractivity contribution in [1.82, 2.24) is 9.61 Å². The van der Waals surface area contributed by atoms with Crippen LogP contribution in [0.15, 0.2) is 16.7 Å². The molecule has 0 aliphatic heterocycles. The second-order valence-electron chi connectivity index (χ2n) is 5.13. The van der Waals surface area contributed by atoms with Gasteiger partial charge in [-0.3, -0.25) is 0 Å². The van der Waals surface area contributed by atoms with Gasteiger partial charge in [-0.2, -0.15) is 5.10 Å². The van der Waals surface area contributed by atoms with Crippen LogP contribution in [0.1, 0.15) is 25.1 Å². The van der Waals surface area contributed by atoms with Crippen molar-refractivity contribution >= 4 is 21.4 Å². The Morgan fingerprint density at radius 1 is 1.44 bits per heavy atom.